The van der Waals surface area contributed by atoms with Crippen LogP contribution in [0.3, 0.4) is 0 Å². The molecule has 106 valence electrons. The zero-order valence-corrected chi connectivity index (χ0v) is 13.5. The van der Waals surface area contributed by atoms with E-state index in [1.165, 1.54) is 0 Å². The second kappa shape index (κ2) is 5.79. The Hall–Kier alpha value is -0.360. The minimum Gasteiger partial charge on any atom is -0.326 e. The summed E-state index contributed by atoms with van der Waals surface area (Å²) in [6.07, 6.45) is 1.99. The van der Waals surface area contributed by atoms with Gasteiger partial charge in [0.05, 0.1) is 17.7 Å². The Labute approximate surface area is 130 Å². The van der Waals surface area contributed by atoms with Gasteiger partial charge in [-0.25, -0.2) is 4.67 Å². The minimum atomic E-state index is -0.976. The molecule has 3 nitrogen and oxygen atoms in total. The van der Waals surface area contributed by atoms with Crippen molar-refractivity contribution in [3.63, 3.8) is 0 Å². The molecule has 0 N–H and O–H groups in total. The molecule has 0 radical (unpaired) electrons. The standard InChI is InChI=1S/C14H15Cl2N2OP/c1-9-4-13-14(19-20(16)18(13)8-9)6-11-3-2-10(7-17)5-12(11)15/h2-3,5,9,13-14H,4,6,8H2,1H3. The van der Waals surface area contributed by atoms with Crippen LogP contribution in [0, 0.1) is 17.2 Å². The predicted octanol–water partition coefficient (Wildman–Crippen LogP) is 4.33. The Balaban J connectivity index is 1.77. The number of rotatable bonds is 2. The van der Waals surface area contributed by atoms with E-state index in [1.54, 1.807) is 12.1 Å². The van der Waals surface area contributed by atoms with Gasteiger partial charge in [0.1, 0.15) is 0 Å². The molecule has 2 aliphatic heterocycles. The zero-order valence-electron chi connectivity index (χ0n) is 11.1. The van der Waals surface area contributed by atoms with E-state index in [4.69, 9.17) is 32.6 Å². The highest BCUT2D eigenvalue weighted by Gasteiger charge is 2.47. The van der Waals surface area contributed by atoms with Crippen LogP contribution in [0.15, 0.2) is 18.2 Å². The molecule has 2 aliphatic rings. The summed E-state index contributed by atoms with van der Waals surface area (Å²) in [6, 6.07) is 7.93. The largest absolute Gasteiger partial charge is 0.326 e. The van der Waals surface area contributed by atoms with E-state index in [2.05, 4.69) is 17.7 Å². The molecule has 6 heteroatoms. The second-order valence-corrected chi connectivity index (χ2v) is 7.97. The highest BCUT2D eigenvalue weighted by atomic mass is 35.7. The molecule has 1 aromatic carbocycles. The van der Waals surface area contributed by atoms with E-state index in [-0.39, 0.29) is 6.10 Å². The van der Waals surface area contributed by atoms with Gasteiger partial charge in [-0.1, -0.05) is 24.6 Å². The predicted molar refractivity (Wildman–Crippen MR) is 81.8 cm³/mol. The van der Waals surface area contributed by atoms with Gasteiger partial charge >= 0.3 is 0 Å². The Bertz CT molecular complexity index is 563. The first-order valence-corrected chi connectivity index (χ1v) is 9.15. The van der Waals surface area contributed by atoms with Gasteiger partial charge in [0, 0.05) is 24.0 Å². The van der Waals surface area contributed by atoms with Gasteiger partial charge < -0.3 is 4.52 Å². The van der Waals surface area contributed by atoms with E-state index >= 15 is 0 Å². The van der Waals surface area contributed by atoms with Crippen molar-refractivity contribution in [2.24, 2.45) is 5.92 Å². The van der Waals surface area contributed by atoms with Crippen molar-refractivity contribution >= 4 is 30.5 Å². The molecule has 0 aliphatic carbocycles. The van der Waals surface area contributed by atoms with Gasteiger partial charge in [0.15, 0.2) is 0 Å². The number of hydrogen-bond donors (Lipinski definition) is 0. The van der Waals surface area contributed by atoms with Crippen LogP contribution < -0.4 is 0 Å². The Morgan fingerprint density at radius 1 is 1.55 bits per heavy atom. The highest BCUT2D eigenvalue weighted by molar-refractivity contribution is 7.78. The highest BCUT2D eigenvalue weighted by Crippen LogP contribution is 2.59. The van der Waals surface area contributed by atoms with Crippen molar-refractivity contribution in [3.05, 3.63) is 34.3 Å². The van der Waals surface area contributed by atoms with E-state index < -0.39 is 7.65 Å². The van der Waals surface area contributed by atoms with Crippen molar-refractivity contribution < 1.29 is 4.52 Å². The molecule has 4 atom stereocenters. The maximum atomic E-state index is 8.87. The average Bonchev–Trinajstić information content (AvgIpc) is 2.92. The summed E-state index contributed by atoms with van der Waals surface area (Å²) in [6.45, 7) is 3.28. The fourth-order valence-electron chi connectivity index (χ4n) is 3.00. The SMILES string of the molecule is CC1CC2C(Cc3ccc(C#N)cc3Cl)OP(Cl)N2C1. The number of benzene rings is 1. The number of hydrogen-bond acceptors (Lipinski definition) is 3. The van der Waals surface area contributed by atoms with E-state index in [1.807, 2.05) is 6.07 Å². The lowest BCUT2D eigenvalue weighted by Gasteiger charge is -2.17. The summed E-state index contributed by atoms with van der Waals surface area (Å²) in [7, 11) is -0.976. The van der Waals surface area contributed by atoms with Crippen molar-refractivity contribution in [2.75, 3.05) is 6.54 Å². The van der Waals surface area contributed by atoms with Gasteiger partial charge in [0.2, 0.25) is 7.65 Å². The molecule has 3 rings (SSSR count). The van der Waals surface area contributed by atoms with Gasteiger partial charge in [-0.2, -0.15) is 5.26 Å². The van der Waals surface area contributed by atoms with Crippen molar-refractivity contribution in [1.82, 2.24) is 4.67 Å². The molecule has 1 aromatic rings. The molecule has 0 spiro atoms. The third-order valence-corrected chi connectivity index (χ3v) is 6.46. The molecule has 0 aromatic heterocycles. The minimum absolute atomic E-state index is 0.106. The van der Waals surface area contributed by atoms with Crippen molar-refractivity contribution in [3.8, 4) is 6.07 Å². The molecular formula is C14H15Cl2N2OP. The number of nitriles is 1. The van der Waals surface area contributed by atoms with Crippen LogP contribution in [0.25, 0.3) is 0 Å². The summed E-state index contributed by atoms with van der Waals surface area (Å²) >= 11 is 12.6. The smallest absolute Gasteiger partial charge is 0.207 e. The molecule has 2 heterocycles. The summed E-state index contributed by atoms with van der Waals surface area (Å²) < 4.78 is 8.22. The fraction of sp³-hybridized carbons (Fsp3) is 0.500. The molecule has 4 unspecified atom stereocenters. The Morgan fingerprint density at radius 2 is 2.35 bits per heavy atom. The third-order valence-electron chi connectivity index (χ3n) is 3.98. The molecule has 20 heavy (non-hydrogen) atoms. The van der Waals surface area contributed by atoms with Crippen LogP contribution in [-0.2, 0) is 10.9 Å². The average molecular weight is 329 g/mol. The summed E-state index contributed by atoms with van der Waals surface area (Å²) in [5, 5.41) is 9.50. The number of nitrogens with zero attached hydrogens (tertiary/aromatic N) is 2. The molecule has 0 saturated carbocycles. The van der Waals surface area contributed by atoms with E-state index in [9.17, 15) is 0 Å². The zero-order chi connectivity index (χ0) is 14.3. The molecule has 0 amide bonds. The first kappa shape index (κ1) is 14.6. The van der Waals surface area contributed by atoms with Gasteiger partial charge in [-0.05, 0) is 41.3 Å². The molecule has 2 saturated heterocycles. The van der Waals surface area contributed by atoms with Gasteiger partial charge in [-0.3, -0.25) is 0 Å². The summed E-state index contributed by atoms with van der Waals surface area (Å²) in [5.41, 5.74) is 1.61. The van der Waals surface area contributed by atoms with Crippen LogP contribution >= 0.6 is 30.5 Å². The number of fused-ring (bicyclic) bond motifs is 1. The lowest BCUT2D eigenvalue weighted by atomic mass is 9.98. The topological polar surface area (TPSA) is 36.3 Å². The van der Waals surface area contributed by atoms with Gasteiger partial charge in [0.25, 0.3) is 0 Å². The lowest BCUT2D eigenvalue weighted by Crippen LogP contribution is -2.29. The van der Waals surface area contributed by atoms with Crippen molar-refractivity contribution in [2.45, 2.75) is 31.9 Å². The van der Waals surface area contributed by atoms with Gasteiger partial charge in [-0.15, -0.1) is 0 Å². The second-order valence-electron chi connectivity index (χ2n) is 5.52. The third kappa shape index (κ3) is 2.69. The van der Waals surface area contributed by atoms with Crippen LogP contribution in [0.4, 0.5) is 0 Å². The lowest BCUT2D eigenvalue weighted by molar-refractivity contribution is 0.209. The number of halogens is 2. The van der Waals surface area contributed by atoms with Crippen LogP contribution in [-0.4, -0.2) is 23.4 Å². The normalized spacial score (nSPS) is 33.1. The Kier molecular flexibility index (Phi) is 4.22. The van der Waals surface area contributed by atoms with E-state index in [0.717, 1.165) is 24.9 Å². The monoisotopic (exact) mass is 328 g/mol. The van der Waals surface area contributed by atoms with Crippen LogP contribution in [0.5, 0.6) is 0 Å². The fourth-order valence-corrected chi connectivity index (χ4v) is 5.53. The molecule has 0 bridgehead atoms. The maximum Gasteiger partial charge on any atom is 0.207 e. The summed E-state index contributed by atoms with van der Waals surface area (Å²) in [4.78, 5) is 0. The first-order valence-electron chi connectivity index (χ1n) is 6.66. The molecular weight excluding hydrogens is 314 g/mol. The Morgan fingerprint density at radius 3 is 3.05 bits per heavy atom. The van der Waals surface area contributed by atoms with Crippen LogP contribution in [0.1, 0.15) is 24.5 Å². The maximum absolute atomic E-state index is 8.87. The van der Waals surface area contributed by atoms with E-state index in [0.29, 0.717) is 22.5 Å². The van der Waals surface area contributed by atoms with Crippen LogP contribution in [0.2, 0.25) is 5.02 Å². The molecule has 2 fully saturated rings. The first-order chi connectivity index (χ1) is 9.58. The quantitative estimate of drug-likeness (QED) is 0.758. The summed E-state index contributed by atoms with van der Waals surface area (Å²) in [5.74, 6) is 0.673. The van der Waals surface area contributed by atoms with Crippen molar-refractivity contribution in [1.29, 1.82) is 5.26 Å².